The molecule has 0 spiro atoms. The maximum Gasteiger partial charge on any atom is 0.243 e. The van der Waals surface area contributed by atoms with Crippen molar-refractivity contribution in [1.29, 1.82) is 0 Å². The summed E-state index contributed by atoms with van der Waals surface area (Å²) in [5, 5.41) is 16.4. The molecule has 3 N–H and O–H groups in total. The first kappa shape index (κ1) is 42.6. The van der Waals surface area contributed by atoms with Gasteiger partial charge in [-0.3, -0.25) is 24.0 Å². The summed E-state index contributed by atoms with van der Waals surface area (Å²) in [5.41, 5.74) is 0.700. The molecule has 5 amide bonds. The first-order valence-electron chi connectivity index (χ1n) is 17.7. The Labute approximate surface area is 298 Å². The van der Waals surface area contributed by atoms with Gasteiger partial charge in [-0.25, -0.2) is 0 Å². The molecular weight excluding hydrogens is 642 g/mol. The topological polar surface area (TPSA) is 158 Å². The van der Waals surface area contributed by atoms with E-state index in [2.05, 4.69) is 10.6 Å². The molecule has 1 heterocycles. The lowest BCUT2D eigenvalue weighted by Gasteiger charge is -2.39. The van der Waals surface area contributed by atoms with Gasteiger partial charge in [-0.15, -0.1) is 0 Å². The van der Waals surface area contributed by atoms with Crippen molar-refractivity contribution < 1.29 is 38.6 Å². The predicted octanol–water partition coefficient (Wildman–Crippen LogP) is 2.37. The highest BCUT2D eigenvalue weighted by atomic mass is 16.5. The van der Waals surface area contributed by atoms with Crippen molar-refractivity contribution in [3.05, 3.63) is 35.9 Å². The number of carbonyl (C=O) groups excluding carboxylic acids is 5. The number of hydrogen-bond donors (Lipinski definition) is 3. The van der Waals surface area contributed by atoms with E-state index in [1.165, 1.54) is 26.2 Å². The molecule has 1 aliphatic heterocycles. The number of rotatable bonds is 20. The minimum Gasteiger partial charge on any atom is -0.386 e. The fourth-order valence-corrected chi connectivity index (χ4v) is 7.11. The van der Waals surface area contributed by atoms with Crippen molar-refractivity contribution in [3.63, 3.8) is 0 Å². The number of likely N-dealkylation sites (N-methyl/N-ethyl adjacent to an activating group) is 2. The van der Waals surface area contributed by atoms with Gasteiger partial charge in [-0.1, -0.05) is 71.4 Å². The normalized spacial score (nSPS) is 19.4. The van der Waals surface area contributed by atoms with Crippen LogP contribution in [0.3, 0.4) is 0 Å². The van der Waals surface area contributed by atoms with Gasteiger partial charge in [0.05, 0.1) is 55.3 Å². The lowest BCUT2D eigenvalue weighted by Crippen LogP contribution is -2.55. The quantitative estimate of drug-likeness (QED) is 0.175. The number of nitrogens with one attached hydrogen (secondary N) is 2. The molecule has 5 unspecified atom stereocenters. The molecule has 50 heavy (non-hydrogen) atoms. The van der Waals surface area contributed by atoms with Crippen molar-refractivity contribution in [2.45, 2.75) is 110 Å². The second-order valence-electron chi connectivity index (χ2n) is 14.0. The standard InChI is InChI=1S/C37H61N5O8/c1-11-24(4)33(41(8)31(45)21-38-37(48)32(23(2)3)40(7)22-43)29(49-9)20-30(44)42-19-15-18-28(42)35(50-10)25(5)36(47)39-26(6)34(46)27-16-13-12-14-17-27/h12-14,16-17,22-26,28-29,32-35,46H,11,15,18-21H2,1-10H3,(H,38,48)(H,39,47)/t24?,25-,26?,28+,29?,32?,33?,34-,35-/m1/s1. The SMILES string of the molecule is CCC(C)C(C(CC(=O)N1CCC[C@H]1[C@H](OC)[C@@H](C)C(=O)NC(C)[C@@H](O)c1ccccc1)OC)N(C)C(=O)CNC(=O)C(C(C)C)N(C)C=O. The van der Waals surface area contributed by atoms with Crippen LogP contribution in [0.4, 0.5) is 0 Å². The molecule has 1 aliphatic rings. The number of ether oxygens (including phenoxy) is 2. The van der Waals surface area contributed by atoms with Gasteiger partial charge in [0, 0.05) is 34.9 Å². The first-order chi connectivity index (χ1) is 23.6. The van der Waals surface area contributed by atoms with E-state index in [1.807, 2.05) is 45.9 Å². The van der Waals surface area contributed by atoms with Gasteiger partial charge in [0.15, 0.2) is 0 Å². The van der Waals surface area contributed by atoms with Gasteiger partial charge in [0.25, 0.3) is 0 Å². The third-order valence-corrected chi connectivity index (χ3v) is 10.2. The lowest BCUT2D eigenvalue weighted by atomic mass is 9.90. The van der Waals surface area contributed by atoms with E-state index in [1.54, 1.807) is 42.8 Å². The zero-order valence-corrected chi connectivity index (χ0v) is 31.6. The molecule has 9 atom stereocenters. The highest BCUT2D eigenvalue weighted by Crippen LogP contribution is 2.29. The van der Waals surface area contributed by atoms with E-state index in [9.17, 15) is 29.1 Å². The molecule has 1 aromatic carbocycles. The molecule has 2 rings (SSSR count). The molecule has 0 aliphatic carbocycles. The summed E-state index contributed by atoms with van der Waals surface area (Å²) >= 11 is 0. The van der Waals surface area contributed by atoms with Gasteiger partial charge in [0.2, 0.25) is 30.0 Å². The number of methoxy groups -OCH3 is 2. The van der Waals surface area contributed by atoms with Gasteiger partial charge in [-0.2, -0.15) is 0 Å². The predicted molar refractivity (Wildman–Crippen MR) is 191 cm³/mol. The molecular formula is C37H61N5O8. The molecule has 1 fully saturated rings. The molecule has 1 aromatic rings. The van der Waals surface area contributed by atoms with Crippen LogP contribution in [0.25, 0.3) is 0 Å². The van der Waals surface area contributed by atoms with E-state index in [0.717, 1.165) is 6.42 Å². The van der Waals surface area contributed by atoms with Gasteiger partial charge in [-0.05, 0) is 37.2 Å². The molecule has 1 saturated heterocycles. The van der Waals surface area contributed by atoms with Crippen LogP contribution in [0.15, 0.2) is 30.3 Å². The zero-order chi connectivity index (χ0) is 37.7. The molecule has 13 nitrogen and oxygen atoms in total. The van der Waals surface area contributed by atoms with Crippen LogP contribution in [-0.2, 0) is 33.4 Å². The van der Waals surface area contributed by atoms with E-state index >= 15 is 0 Å². The lowest BCUT2D eigenvalue weighted by molar-refractivity contribution is -0.146. The Morgan fingerprint density at radius 1 is 1.02 bits per heavy atom. The number of aliphatic hydroxyl groups is 1. The van der Waals surface area contributed by atoms with Crippen molar-refractivity contribution in [1.82, 2.24) is 25.3 Å². The van der Waals surface area contributed by atoms with E-state index in [0.29, 0.717) is 31.4 Å². The smallest absolute Gasteiger partial charge is 0.243 e. The molecule has 0 bridgehead atoms. The van der Waals surface area contributed by atoms with Crippen molar-refractivity contribution in [2.24, 2.45) is 17.8 Å². The Hall–Kier alpha value is -3.55. The van der Waals surface area contributed by atoms with Crippen LogP contribution in [0, 0.1) is 17.8 Å². The van der Waals surface area contributed by atoms with Crippen LogP contribution in [-0.4, -0.2) is 128 Å². The monoisotopic (exact) mass is 703 g/mol. The summed E-state index contributed by atoms with van der Waals surface area (Å²) in [4.78, 5) is 69.6. The maximum atomic E-state index is 14.0. The average Bonchev–Trinajstić information content (AvgIpc) is 3.59. The Balaban J connectivity index is 2.15. The minimum atomic E-state index is -0.884. The van der Waals surface area contributed by atoms with E-state index in [4.69, 9.17) is 9.47 Å². The fraction of sp³-hybridized carbons (Fsp3) is 0.703. The second-order valence-corrected chi connectivity index (χ2v) is 14.0. The van der Waals surface area contributed by atoms with Crippen LogP contribution in [0.1, 0.15) is 78.9 Å². The second kappa shape index (κ2) is 20.3. The van der Waals surface area contributed by atoms with Crippen molar-refractivity contribution in [2.75, 3.05) is 41.4 Å². The number of amides is 5. The number of likely N-dealkylation sites (tertiary alicyclic amines) is 1. The number of nitrogens with zero attached hydrogens (tertiary/aromatic N) is 3. The van der Waals surface area contributed by atoms with Crippen molar-refractivity contribution in [3.8, 4) is 0 Å². The van der Waals surface area contributed by atoms with Crippen LogP contribution >= 0.6 is 0 Å². The third kappa shape index (κ3) is 11.0. The molecule has 0 aromatic heterocycles. The number of aliphatic hydroxyl groups excluding tert-OH is 1. The highest BCUT2D eigenvalue weighted by molar-refractivity contribution is 5.88. The van der Waals surface area contributed by atoms with Gasteiger partial charge < -0.3 is 39.9 Å². The van der Waals surface area contributed by atoms with Crippen LogP contribution in [0.5, 0.6) is 0 Å². The van der Waals surface area contributed by atoms with Crippen LogP contribution in [0.2, 0.25) is 0 Å². The van der Waals surface area contributed by atoms with E-state index < -0.39 is 48.3 Å². The summed E-state index contributed by atoms with van der Waals surface area (Å²) < 4.78 is 11.8. The van der Waals surface area contributed by atoms with Crippen LogP contribution < -0.4 is 10.6 Å². The molecule has 0 radical (unpaired) electrons. The number of hydrogen-bond acceptors (Lipinski definition) is 8. The average molecular weight is 704 g/mol. The van der Waals surface area contributed by atoms with Gasteiger partial charge in [0.1, 0.15) is 6.04 Å². The Morgan fingerprint density at radius 2 is 1.66 bits per heavy atom. The summed E-state index contributed by atoms with van der Waals surface area (Å²) in [5.74, 6) is -2.03. The fourth-order valence-electron chi connectivity index (χ4n) is 7.11. The molecule has 0 saturated carbocycles. The Morgan fingerprint density at radius 3 is 2.20 bits per heavy atom. The molecule has 13 heteroatoms. The van der Waals surface area contributed by atoms with E-state index in [-0.39, 0.29) is 48.6 Å². The molecule has 282 valence electrons. The summed E-state index contributed by atoms with van der Waals surface area (Å²) in [6.07, 6.45) is 0.591. The minimum absolute atomic E-state index is 0.00283. The largest absolute Gasteiger partial charge is 0.386 e. The number of benzene rings is 1. The number of carbonyl (C=O) groups is 5. The van der Waals surface area contributed by atoms with Crippen molar-refractivity contribution >= 4 is 30.0 Å². The zero-order valence-electron chi connectivity index (χ0n) is 31.6. The Kier molecular flexibility index (Phi) is 17.3. The maximum absolute atomic E-state index is 14.0. The first-order valence-corrected chi connectivity index (χ1v) is 17.7. The Bertz CT molecular complexity index is 1250. The highest BCUT2D eigenvalue weighted by Gasteiger charge is 2.42. The summed E-state index contributed by atoms with van der Waals surface area (Å²) in [6, 6.07) is 7.04. The van der Waals surface area contributed by atoms with Gasteiger partial charge >= 0.3 is 0 Å². The summed E-state index contributed by atoms with van der Waals surface area (Å²) in [7, 11) is 6.23. The third-order valence-electron chi connectivity index (χ3n) is 10.2. The summed E-state index contributed by atoms with van der Waals surface area (Å²) in [6.45, 7) is 11.4.